The van der Waals surface area contributed by atoms with Gasteiger partial charge in [-0.2, -0.15) is 0 Å². The van der Waals surface area contributed by atoms with E-state index in [0.29, 0.717) is 11.6 Å². The third-order valence-electron chi connectivity index (χ3n) is 4.37. The predicted molar refractivity (Wildman–Crippen MR) is 80.1 cm³/mol. The van der Waals surface area contributed by atoms with Crippen LogP contribution in [0.1, 0.15) is 43.1 Å². The van der Waals surface area contributed by atoms with Crippen molar-refractivity contribution >= 4 is 11.6 Å². The molecular weight excluding hydrogens is 266 g/mol. The molecule has 1 saturated carbocycles. The number of pyridine rings is 1. The lowest BCUT2D eigenvalue weighted by Crippen LogP contribution is -2.53. The molecule has 2 N–H and O–H groups in total. The molecule has 1 aliphatic carbocycles. The molecule has 21 heavy (non-hydrogen) atoms. The first-order valence-electron chi connectivity index (χ1n) is 7.49. The Morgan fingerprint density at radius 2 is 2.43 bits per heavy atom. The fourth-order valence-corrected chi connectivity index (χ4v) is 3.31. The van der Waals surface area contributed by atoms with Crippen LogP contribution in [0.25, 0.3) is 5.65 Å². The zero-order valence-corrected chi connectivity index (χ0v) is 12.2. The van der Waals surface area contributed by atoms with Crippen molar-refractivity contribution in [3.63, 3.8) is 0 Å². The van der Waals surface area contributed by atoms with Gasteiger partial charge in [0.05, 0.1) is 12.1 Å². The number of nitrogens with one attached hydrogen (secondary N) is 1. The Hall–Kier alpha value is -1.88. The monoisotopic (exact) mass is 287 g/mol. The zero-order chi connectivity index (χ0) is 14.9. The van der Waals surface area contributed by atoms with Crippen LogP contribution in [0.5, 0.6) is 0 Å². The van der Waals surface area contributed by atoms with E-state index in [2.05, 4.69) is 17.2 Å². The summed E-state index contributed by atoms with van der Waals surface area (Å²) < 4.78 is 1.82. The molecule has 0 bridgehead atoms. The van der Waals surface area contributed by atoms with Gasteiger partial charge in [0.25, 0.3) is 5.91 Å². The van der Waals surface area contributed by atoms with Gasteiger partial charge in [-0.1, -0.05) is 25.8 Å². The van der Waals surface area contributed by atoms with Crippen molar-refractivity contribution in [3.8, 4) is 0 Å². The fourth-order valence-electron chi connectivity index (χ4n) is 3.31. The molecule has 0 radical (unpaired) electrons. The minimum absolute atomic E-state index is 0.0174. The molecule has 1 fully saturated rings. The Morgan fingerprint density at radius 1 is 1.57 bits per heavy atom. The lowest BCUT2D eigenvalue weighted by Gasteiger charge is -2.39. The first kappa shape index (κ1) is 14.1. The van der Waals surface area contributed by atoms with Crippen LogP contribution >= 0.6 is 0 Å². The Bertz CT molecular complexity index is 619. The molecule has 0 aromatic carbocycles. The van der Waals surface area contributed by atoms with E-state index in [9.17, 15) is 9.90 Å². The lowest BCUT2D eigenvalue weighted by atomic mass is 9.77. The van der Waals surface area contributed by atoms with Gasteiger partial charge in [-0.15, -0.1) is 0 Å². The molecule has 1 aliphatic rings. The molecule has 5 heteroatoms. The summed E-state index contributed by atoms with van der Waals surface area (Å²) in [7, 11) is 0. The normalized spacial score (nSPS) is 25.9. The van der Waals surface area contributed by atoms with E-state index in [4.69, 9.17) is 0 Å². The van der Waals surface area contributed by atoms with Crippen molar-refractivity contribution in [2.24, 2.45) is 5.92 Å². The van der Waals surface area contributed by atoms with Gasteiger partial charge in [-0.25, -0.2) is 4.98 Å². The SMILES string of the molecule is CC1CCCC(CO)(NC(=O)c2cn3ccccc3n2)C1. The second-order valence-electron chi connectivity index (χ2n) is 6.19. The molecule has 2 aromatic rings. The molecule has 5 nitrogen and oxygen atoms in total. The average Bonchev–Trinajstić information content (AvgIpc) is 2.91. The second kappa shape index (κ2) is 5.48. The molecule has 2 atom stereocenters. The lowest BCUT2D eigenvalue weighted by molar-refractivity contribution is 0.0693. The van der Waals surface area contributed by atoms with E-state index in [1.165, 1.54) is 0 Å². The van der Waals surface area contributed by atoms with Crippen LogP contribution in [-0.4, -0.2) is 32.5 Å². The molecule has 0 saturated heterocycles. The topological polar surface area (TPSA) is 66.6 Å². The summed E-state index contributed by atoms with van der Waals surface area (Å²) >= 11 is 0. The first-order chi connectivity index (χ1) is 10.1. The number of aliphatic hydroxyl groups is 1. The number of carbonyl (C=O) groups is 1. The Labute approximate surface area is 124 Å². The number of amides is 1. The number of imidazole rings is 1. The van der Waals surface area contributed by atoms with Crippen LogP contribution < -0.4 is 5.32 Å². The van der Waals surface area contributed by atoms with Gasteiger partial charge in [0.1, 0.15) is 11.3 Å². The molecule has 2 unspecified atom stereocenters. The maximum absolute atomic E-state index is 12.5. The van der Waals surface area contributed by atoms with E-state index in [0.717, 1.165) is 31.3 Å². The minimum Gasteiger partial charge on any atom is -0.394 e. The second-order valence-corrected chi connectivity index (χ2v) is 6.19. The number of nitrogens with zero attached hydrogens (tertiary/aromatic N) is 2. The van der Waals surface area contributed by atoms with Crippen molar-refractivity contribution in [1.82, 2.24) is 14.7 Å². The summed E-state index contributed by atoms with van der Waals surface area (Å²) in [6, 6.07) is 5.65. The summed E-state index contributed by atoms with van der Waals surface area (Å²) in [5, 5.41) is 12.8. The highest BCUT2D eigenvalue weighted by Crippen LogP contribution is 2.32. The van der Waals surface area contributed by atoms with Gasteiger partial charge in [-0.05, 0) is 30.9 Å². The first-order valence-corrected chi connectivity index (χ1v) is 7.49. The number of aromatic nitrogens is 2. The van der Waals surface area contributed by atoms with E-state index >= 15 is 0 Å². The summed E-state index contributed by atoms with van der Waals surface area (Å²) in [6.45, 7) is 2.15. The minimum atomic E-state index is -0.495. The smallest absolute Gasteiger partial charge is 0.272 e. The van der Waals surface area contributed by atoms with Crippen LogP contribution in [0.2, 0.25) is 0 Å². The van der Waals surface area contributed by atoms with Gasteiger partial charge in [0.15, 0.2) is 0 Å². The maximum atomic E-state index is 12.5. The average molecular weight is 287 g/mol. The molecule has 0 spiro atoms. The van der Waals surface area contributed by atoms with Crippen molar-refractivity contribution < 1.29 is 9.90 Å². The van der Waals surface area contributed by atoms with Crippen LogP contribution in [-0.2, 0) is 0 Å². The quantitative estimate of drug-likeness (QED) is 0.907. The molecule has 2 aromatic heterocycles. The number of fused-ring (bicyclic) bond motifs is 1. The van der Waals surface area contributed by atoms with Gasteiger partial charge in [-0.3, -0.25) is 4.79 Å². The highest BCUT2D eigenvalue weighted by Gasteiger charge is 2.36. The number of rotatable bonds is 3. The van der Waals surface area contributed by atoms with Crippen LogP contribution in [0.15, 0.2) is 30.6 Å². The van der Waals surface area contributed by atoms with Crippen molar-refractivity contribution in [3.05, 3.63) is 36.3 Å². The largest absolute Gasteiger partial charge is 0.394 e. The Balaban J connectivity index is 1.81. The molecule has 1 amide bonds. The summed E-state index contributed by atoms with van der Waals surface area (Å²) in [6.07, 6.45) is 7.43. The fraction of sp³-hybridized carbons (Fsp3) is 0.500. The van der Waals surface area contributed by atoms with Crippen molar-refractivity contribution in [2.45, 2.75) is 38.1 Å². The summed E-state index contributed by atoms with van der Waals surface area (Å²) in [5.41, 5.74) is 0.648. The van der Waals surface area contributed by atoms with Gasteiger partial charge < -0.3 is 14.8 Å². The predicted octanol–water partition coefficient (Wildman–Crippen LogP) is 2.01. The summed E-state index contributed by atoms with van der Waals surface area (Å²) in [5.74, 6) is 0.314. The summed E-state index contributed by atoms with van der Waals surface area (Å²) in [4.78, 5) is 16.8. The maximum Gasteiger partial charge on any atom is 0.272 e. The molecule has 3 rings (SSSR count). The third kappa shape index (κ3) is 2.78. The van der Waals surface area contributed by atoms with Gasteiger partial charge in [0, 0.05) is 12.4 Å². The van der Waals surface area contributed by atoms with E-state index in [1.54, 1.807) is 6.20 Å². The van der Waals surface area contributed by atoms with E-state index < -0.39 is 5.54 Å². The molecular formula is C16H21N3O2. The molecule has 2 heterocycles. The number of hydrogen-bond acceptors (Lipinski definition) is 3. The highest BCUT2D eigenvalue weighted by atomic mass is 16.3. The van der Waals surface area contributed by atoms with E-state index in [-0.39, 0.29) is 12.5 Å². The van der Waals surface area contributed by atoms with Crippen molar-refractivity contribution in [1.29, 1.82) is 0 Å². The molecule has 112 valence electrons. The van der Waals surface area contributed by atoms with Gasteiger partial charge in [0.2, 0.25) is 0 Å². The number of aliphatic hydroxyl groups excluding tert-OH is 1. The zero-order valence-electron chi connectivity index (χ0n) is 12.2. The van der Waals surface area contributed by atoms with Crippen LogP contribution in [0.4, 0.5) is 0 Å². The van der Waals surface area contributed by atoms with Crippen LogP contribution in [0, 0.1) is 5.92 Å². The highest BCUT2D eigenvalue weighted by molar-refractivity contribution is 5.93. The Morgan fingerprint density at radius 3 is 3.14 bits per heavy atom. The van der Waals surface area contributed by atoms with Crippen LogP contribution in [0.3, 0.4) is 0 Å². The number of hydrogen-bond donors (Lipinski definition) is 2. The third-order valence-corrected chi connectivity index (χ3v) is 4.37. The Kier molecular flexibility index (Phi) is 3.68. The van der Waals surface area contributed by atoms with Crippen molar-refractivity contribution in [2.75, 3.05) is 6.61 Å². The number of carbonyl (C=O) groups excluding carboxylic acids is 1. The standard InChI is InChI=1S/C16H21N3O2/c1-12-5-4-7-16(9-12,11-20)18-15(21)13-10-19-8-3-2-6-14(19)17-13/h2-3,6,8,10,12,20H,4-5,7,9,11H2,1H3,(H,18,21). The van der Waals surface area contributed by atoms with Gasteiger partial charge >= 0.3 is 0 Å². The molecule has 0 aliphatic heterocycles. The van der Waals surface area contributed by atoms with E-state index in [1.807, 2.05) is 28.8 Å².